The minimum Gasteiger partial charge on any atom is -0.349 e. The van der Waals surface area contributed by atoms with Crippen molar-refractivity contribution in [2.75, 3.05) is 13.1 Å². The number of aromatic nitrogens is 2. The van der Waals surface area contributed by atoms with E-state index in [4.69, 9.17) is 0 Å². The van der Waals surface area contributed by atoms with Gasteiger partial charge in [0.25, 0.3) is 17.1 Å². The van der Waals surface area contributed by atoms with E-state index in [9.17, 15) is 18.8 Å². The van der Waals surface area contributed by atoms with E-state index in [0.29, 0.717) is 11.6 Å². The molecule has 5 rings (SSSR count). The van der Waals surface area contributed by atoms with Gasteiger partial charge in [0.1, 0.15) is 11.5 Å². The first-order valence-electron chi connectivity index (χ1n) is 10.9. The summed E-state index contributed by atoms with van der Waals surface area (Å²) in [4.78, 5) is 39.2. The molecule has 34 heavy (non-hydrogen) atoms. The molecule has 3 amide bonds. The first kappa shape index (κ1) is 22.1. The van der Waals surface area contributed by atoms with E-state index in [1.807, 2.05) is 30.3 Å². The maximum Gasteiger partial charge on any atom is 0.293 e. The second-order valence-electron chi connectivity index (χ2n) is 8.09. The van der Waals surface area contributed by atoms with Crippen LogP contribution in [-0.4, -0.2) is 44.8 Å². The molecule has 0 unspecified atom stereocenters. The van der Waals surface area contributed by atoms with Crippen LogP contribution in [-0.2, 0) is 4.79 Å². The zero-order valence-electron chi connectivity index (χ0n) is 18.1. The first-order chi connectivity index (χ1) is 16.5. The molecular weight excluding hydrogens is 455 g/mol. The van der Waals surface area contributed by atoms with Crippen molar-refractivity contribution in [3.63, 3.8) is 0 Å². The van der Waals surface area contributed by atoms with Crippen molar-refractivity contribution < 1.29 is 18.8 Å². The zero-order valence-corrected chi connectivity index (χ0v) is 18.9. The summed E-state index contributed by atoms with van der Waals surface area (Å²) in [6, 6.07) is 17.3. The van der Waals surface area contributed by atoms with Gasteiger partial charge in [-0.3, -0.25) is 19.3 Å². The minimum absolute atomic E-state index is 0.0139. The number of para-hydroxylation sites is 1. The largest absolute Gasteiger partial charge is 0.349 e. The van der Waals surface area contributed by atoms with Gasteiger partial charge < -0.3 is 5.32 Å². The molecule has 9 heteroatoms. The predicted molar refractivity (Wildman–Crippen MR) is 127 cm³/mol. The first-order valence-corrected chi connectivity index (χ1v) is 11.8. The van der Waals surface area contributed by atoms with Gasteiger partial charge >= 0.3 is 0 Å². The molecule has 7 nitrogen and oxygen atoms in total. The van der Waals surface area contributed by atoms with Crippen LogP contribution in [0.4, 0.5) is 9.18 Å². The second-order valence-corrected chi connectivity index (χ2v) is 9.08. The van der Waals surface area contributed by atoms with Crippen LogP contribution < -0.4 is 5.32 Å². The third-order valence-electron chi connectivity index (χ3n) is 5.64. The van der Waals surface area contributed by atoms with Crippen LogP contribution in [0.25, 0.3) is 11.8 Å². The number of rotatable bonds is 7. The van der Waals surface area contributed by atoms with E-state index in [1.165, 1.54) is 18.2 Å². The molecule has 172 valence electrons. The maximum atomic E-state index is 13.9. The molecule has 0 atom stereocenters. The average molecular weight is 477 g/mol. The van der Waals surface area contributed by atoms with Crippen LogP contribution >= 0.6 is 11.8 Å². The standard InChI is InChI=1S/C25H21FN4O3S/c26-19-9-5-4-6-17(19)14-22-24(32)29(25(33)34-22)13-12-27-23(31)21-15-20(16-10-11-16)28-30(21)18-7-2-1-3-8-18/h1-9,14-16H,10-13H2,(H,27,31). The van der Waals surface area contributed by atoms with Gasteiger partial charge in [-0.05, 0) is 54.9 Å². The molecule has 1 N–H and O–H groups in total. The molecule has 1 aromatic heterocycles. The van der Waals surface area contributed by atoms with Crippen molar-refractivity contribution in [1.82, 2.24) is 20.0 Å². The molecule has 2 fully saturated rings. The fraction of sp³-hybridized carbons (Fsp3) is 0.200. The predicted octanol–water partition coefficient (Wildman–Crippen LogP) is 4.36. The lowest BCUT2D eigenvalue weighted by molar-refractivity contribution is -0.122. The Morgan fingerprint density at radius 1 is 1.12 bits per heavy atom. The molecule has 2 aromatic carbocycles. The van der Waals surface area contributed by atoms with E-state index in [0.717, 1.165) is 40.9 Å². The quantitative estimate of drug-likeness (QED) is 0.513. The van der Waals surface area contributed by atoms with Crippen LogP contribution in [0.2, 0.25) is 0 Å². The number of carbonyl (C=O) groups is 3. The molecule has 1 saturated heterocycles. The smallest absolute Gasteiger partial charge is 0.293 e. The van der Waals surface area contributed by atoms with Gasteiger partial charge in [-0.1, -0.05) is 36.4 Å². The average Bonchev–Trinajstić information content (AvgIpc) is 3.54. The van der Waals surface area contributed by atoms with Crippen LogP contribution in [0.15, 0.2) is 65.6 Å². The van der Waals surface area contributed by atoms with Gasteiger partial charge in [-0.25, -0.2) is 9.07 Å². The second kappa shape index (κ2) is 9.26. The fourth-order valence-corrected chi connectivity index (χ4v) is 4.56. The Balaban J connectivity index is 1.26. The normalized spacial score (nSPS) is 17.0. The number of benzene rings is 2. The third kappa shape index (κ3) is 4.51. The monoisotopic (exact) mass is 476 g/mol. The van der Waals surface area contributed by atoms with Crippen molar-refractivity contribution in [3.05, 3.63) is 88.3 Å². The number of amides is 3. The van der Waals surface area contributed by atoms with Gasteiger partial charge in [-0.15, -0.1) is 0 Å². The van der Waals surface area contributed by atoms with Crippen molar-refractivity contribution in [2.45, 2.75) is 18.8 Å². The number of carbonyl (C=O) groups excluding carboxylic acids is 3. The number of nitrogens with one attached hydrogen (secondary N) is 1. The van der Waals surface area contributed by atoms with Gasteiger partial charge in [0.2, 0.25) is 0 Å². The van der Waals surface area contributed by atoms with Crippen molar-refractivity contribution >= 4 is 34.9 Å². The van der Waals surface area contributed by atoms with Crippen LogP contribution in [0.5, 0.6) is 0 Å². The highest BCUT2D eigenvalue weighted by molar-refractivity contribution is 8.18. The lowest BCUT2D eigenvalue weighted by Crippen LogP contribution is -2.37. The lowest BCUT2D eigenvalue weighted by Gasteiger charge is -2.13. The van der Waals surface area contributed by atoms with Gasteiger partial charge in [-0.2, -0.15) is 5.10 Å². The molecule has 2 aliphatic rings. The maximum absolute atomic E-state index is 13.9. The van der Waals surface area contributed by atoms with E-state index < -0.39 is 17.0 Å². The SMILES string of the molecule is O=C(NCCN1C(=O)SC(=Cc2ccccc2F)C1=O)c1cc(C2CC2)nn1-c1ccccc1. The highest BCUT2D eigenvalue weighted by Gasteiger charge is 2.35. The van der Waals surface area contributed by atoms with E-state index in [-0.39, 0.29) is 29.5 Å². The minimum atomic E-state index is -0.502. The molecule has 1 saturated carbocycles. The van der Waals surface area contributed by atoms with Crippen LogP contribution in [0.3, 0.4) is 0 Å². The summed E-state index contributed by atoms with van der Waals surface area (Å²) in [5, 5.41) is 6.96. The Kier molecular flexibility index (Phi) is 6.02. The van der Waals surface area contributed by atoms with Gasteiger partial charge in [0.05, 0.1) is 16.3 Å². The summed E-state index contributed by atoms with van der Waals surface area (Å²) >= 11 is 0.759. The Morgan fingerprint density at radius 2 is 1.85 bits per heavy atom. The molecule has 2 heterocycles. The summed E-state index contributed by atoms with van der Waals surface area (Å²) in [7, 11) is 0. The Morgan fingerprint density at radius 3 is 2.59 bits per heavy atom. The highest BCUT2D eigenvalue weighted by atomic mass is 32.2. The van der Waals surface area contributed by atoms with E-state index in [2.05, 4.69) is 10.4 Å². The summed E-state index contributed by atoms with van der Waals surface area (Å²) in [5.41, 5.74) is 2.31. The topological polar surface area (TPSA) is 84.3 Å². The third-order valence-corrected chi connectivity index (χ3v) is 6.55. The number of imide groups is 1. The number of halogens is 1. The van der Waals surface area contributed by atoms with Crippen molar-refractivity contribution in [1.29, 1.82) is 0 Å². The fourth-order valence-electron chi connectivity index (χ4n) is 3.70. The summed E-state index contributed by atoms with van der Waals surface area (Å²) in [6.45, 7) is 0.0998. The van der Waals surface area contributed by atoms with Crippen LogP contribution in [0, 0.1) is 5.82 Å². The van der Waals surface area contributed by atoms with E-state index in [1.54, 1.807) is 22.9 Å². The molecule has 3 aromatic rings. The zero-order chi connectivity index (χ0) is 23.7. The molecule has 1 aliphatic carbocycles. The summed E-state index contributed by atoms with van der Waals surface area (Å²) < 4.78 is 15.5. The Hall–Kier alpha value is -3.72. The molecular formula is C25H21FN4O3S. The number of hydrogen-bond donors (Lipinski definition) is 1. The van der Waals surface area contributed by atoms with Gasteiger partial charge in [0.15, 0.2) is 0 Å². The lowest BCUT2D eigenvalue weighted by atomic mass is 10.2. The summed E-state index contributed by atoms with van der Waals surface area (Å²) in [6.07, 6.45) is 3.50. The summed E-state index contributed by atoms with van der Waals surface area (Å²) in [5.74, 6) is -0.926. The molecule has 0 bridgehead atoms. The van der Waals surface area contributed by atoms with Crippen molar-refractivity contribution in [3.8, 4) is 5.69 Å². The van der Waals surface area contributed by atoms with Crippen LogP contribution in [0.1, 0.15) is 40.5 Å². The number of nitrogens with zero attached hydrogens (tertiary/aromatic N) is 3. The van der Waals surface area contributed by atoms with Crippen molar-refractivity contribution in [2.24, 2.45) is 0 Å². The van der Waals surface area contributed by atoms with E-state index >= 15 is 0 Å². The molecule has 0 spiro atoms. The van der Waals surface area contributed by atoms with Gasteiger partial charge in [0, 0.05) is 24.6 Å². The Bertz CT molecular complexity index is 1300. The number of hydrogen-bond acceptors (Lipinski definition) is 5. The number of thioether (sulfide) groups is 1. The highest BCUT2D eigenvalue weighted by Crippen LogP contribution is 2.39. The molecule has 1 aliphatic heterocycles. The Labute approximate surface area is 199 Å². The molecule has 0 radical (unpaired) electrons.